The van der Waals surface area contributed by atoms with Crippen molar-refractivity contribution >= 4 is 0 Å². The second kappa shape index (κ2) is 2.97. The summed E-state index contributed by atoms with van der Waals surface area (Å²) in [6.45, 7) is 0. The van der Waals surface area contributed by atoms with Crippen LogP contribution < -0.4 is 0 Å². The van der Waals surface area contributed by atoms with Gasteiger partial charge in [-0.3, -0.25) is 0 Å². The zero-order valence-corrected chi connectivity index (χ0v) is 6.61. The van der Waals surface area contributed by atoms with E-state index in [1.54, 1.807) is 6.07 Å². The molecule has 0 atom stereocenters. The van der Waals surface area contributed by atoms with Gasteiger partial charge in [-0.25, -0.2) is 13.5 Å². The van der Waals surface area contributed by atoms with Crippen LogP contribution in [0.15, 0.2) is 36.7 Å². The highest BCUT2D eigenvalue weighted by atomic mass is 19.1. The van der Waals surface area contributed by atoms with E-state index in [9.17, 15) is 8.78 Å². The van der Waals surface area contributed by atoms with Crippen molar-refractivity contribution < 1.29 is 8.78 Å². The van der Waals surface area contributed by atoms with Crippen molar-refractivity contribution in [3.63, 3.8) is 0 Å². The van der Waals surface area contributed by atoms with Crippen LogP contribution in [0.25, 0.3) is 5.69 Å². The number of hydrogen-bond acceptors (Lipinski definition) is 1. The predicted octanol–water partition coefficient (Wildman–Crippen LogP) is 2.15. The molecular formula is C9H6F2N2. The summed E-state index contributed by atoms with van der Waals surface area (Å²) in [5.41, 5.74) is -0.146. The first kappa shape index (κ1) is 7.91. The summed E-state index contributed by atoms with van der Waals surface area (Å²) in [4.78, 5) is 0. The van der Waals surface area contributed by atoms with Crippen LogP contribution in [0.2, 0.25) is 0 Å². The van der Waals surface area contributed by atoms with Crippen molar-refractivity contribution in [1.29, 1.82) is 0 Å². The van der Waals surface area contributed by atoms with Gasteiger partial charge in [0.25, 0.3) is 0 Å². The van der Waals surface area contributed by atoms with Gasteiger partial charge >= 0.3 is 0 Å². The van der Waals surface area contributed by atoms with E-state index >= 15 is 0 Å². The standard InChI is InChI=1S/C9H6F2N2/c10-7-3-1-4-8(11)9(7)13-6-2-5-12-13/h1-6H. The zero-order valence-electron chi connectivity index (χ0n) is 6.61. The number of benzene rings is 1. The molecule has 0 fully saturated rings. The summed E-state index contributed by atoms with van der Waals surface area (Å²) in [7, 11) is 0. The second-order valence-corrected chi connectivity index (χ2v) is 2.52. The Hall–Kier alpha value is -1.71. The maximum atomic E-state index is 13.1. The molecule has 2 aromatic rings. The van der Waals surface area contributed by atoms with Gasteiger partial charge in [-0.05, 0) is 18.2 Å². The first-order valence-corrected chi connectivity index (χ1v) is 3.73. The Morgan fingerprint density at radius 1 is 1.08 bits per heavy atom. The summed E-state index contributed by atoms with van der Waals surface area (Å²) in [6, 6.07) is 5.31. The topological polar surface area (TPSA) is 17.8 Å². The minimum atomic E-state index is -0.622. The van der Waals surface area contributed by atoms with E-state index in [-0.39, 0.29) is 5.69 Å². The fourth-order valence-electron chi connectivity index (χ4n) is 1.11. The SMILES string of the molecule is Fc1cccc(F)c1-n1cccn1. The van der Waals surface area contributed by atoms with Crippen LogP contribution >= 0.6 is 0 Å². The Bertz CT molecular complexity index is 389. The van der Waals surface area contributed by atoms with Gasteiger partial charge in [0.05, 0.1) is 0 Å². The zero-order chi connectivity index (χ0) is 9.26. The van der Waals surface area contributed by atoms with Crippen LogP contribution in [0.5, 0.6) is 0 Å². The van der Waals surface area contributed by atoms with Gasteiger partial charge < -0.3 is 0 Å². The molecule has 66 valence electrons. The fraction of sp³-hybridized carbons (Fsp3) is 0. The van der Waals surface area contributed by atoms with Gasteiger partial charge in [-0.15, -0.1) is 0 Å². The summed E-state index contributed by atoms with van der Waals surface area (Å²) in [5.74, 6) is -1.24. The van der Waals surface area contributed by atoms with Crippen LogP contribution in [0, 0.1) is 11.6 Å². The summed E-state index contributed by atoms with van der Waals surface area (Å²) in [6.07, 6.45) is 2.95. The van der Waals surface area contributed by atoms with E-state index in [0.29, 0.717) is 0 Å². The lowest BCUT2D eigenvalue weighted by molar-refractivity contribution is 0.560. The molecule has 2 nitrogen and oxygen atoms in total. The van der Waals surface area contributed by atoms with Crippen molar-refractivity contribution in [3.8, 4) is 5.69 Å². The summed E-state index contributed by atoms with van der Waals surface area (Å²) >= 11 is 0. The second-order valence-electron chi connectivity index (χ2n) is 2.52. The average Bonchev–Trinajstić information content (AvgIpc) is 2.57. The van der Waals surface area contributed by atoms with Crippen molar-refractivity contribution in [2.75, 3.05) is 0 Å². The molecule has 0 radical (unpaired) electrons. The van der Waals surface area contributed by atoms with Gasteiger partial charge in [0, 0.05) is 12.4 Å². The number of aromatic nitrogens is 2. The van der Waals surface area contributed by atoms with Gasteiger partial charge in [0.1, 0.15) is 5.69 Å². The molecule has 0 saturated carbocycles. The molecule has 2 rings (SSSR count). The van der Waals surface area contributed by atoms with E-state index < -0.39 is 11.6 Å². The van der Waals surface area contributed by atoms with E-state index in [0.717, 1.165) is 4.68 Å². The lowest BCUT2D eigenvalue weighted by Crippen LogP contribution is -2.01. The number of hydrogen-bond donors (Lipinski definition) is 0. The van der Waals surface area contributed by atoms with Crippen molar-refractivity contribution in [3.05, 3.63) is 48.3 Å². The molecule has 0 spiro atoms. The minimum Gasteiger partial charge on any atom is -0.235 e. The monoisotopic (exact) mass is 180 g/mol. The van der Waals surface area contributed by atoms with Crippen LogP contribution in [0.3, 0.4) is 0 Å². The molecule has 0 N–H and O–H groups in total. The molecule has 0 aliphatic carbocycles. The molecule has 13 heavy (non-hydrogen) atoms. The Morgan fingerprint density at radius 2 is 1.77 bits per heavy atom. The highest BCUT2D eigenvalue weighted by Gasteiger charge is 2.09. The quantitative estimate of drug-likeness (QED) is 0.657. The molecule has 0 saturated heterocycles. The van der Waals surface area contributed by atoms with Crippen LogP contribution in [0.1, 0.15) is 0 Å². The smallest absolute Gasteiger partial charge is 0.151 e. The lowest BCUT2D eigenvalue weighted by Gasteiger charge is -2.03. The predicted molar refractivity (Wildman–Crippen MR) is 43.5 cm³/mol. The van der Waals surface area contributed by atoms with Gasteiger partial charge in [0.15, 0.2) is 11.6 Å². The lowest BCUT2D eigenvalue weighted by atomic mass is 10.3. The van der Waals surface area contributed by atoms with E-state index in [2.05, 4.69) is 5.10 Å². The number of halogens is 2. The van der Waals surface area contributed by atoms with E-state index in [4.69, 9.17) is 0 Å². The molecule has 1 aromatic carbocycles. The minimum absolute atomic E-state index is 0.146. The molecule has 1 aromatic heterocycles. The molecule has 0 aliphatic rings. The largest absolute Gasteiger partial charge is 0.235 e. The summed E-state index contributed by atoms with van der Waals surface area (Å²) < 4.78 is 27.4. The molecule has 0 amide bonds. The van der Waals surface area contributed by atoms with Crippen LogP contribution in [0.4, 0.5) is 8.78 Å². The molecule has 4 heteroatoms. The van der Waals surface area contributed by atoms with Gasteiger partial charge in [0.2, 0.25) is 0 Å². The molecular weight excluding hydrogens is 174 g/mol. The number of para-hydroxylation sites is 1. The Morgan fingerprint density at radius 3 is 2.31 bits per heavy atom. The molecule has 0 bridgehead atoms. The third kappa shape index (κ3) is 1.30. The first-order valence-electron chi connectivity index (χ1n) is 3.73. The highest BCUT2D eigenvalue weighted by Crippen LogP contribution is 2.15. The maximum Gasteiger partial charge on any atom is 0.151 e. The van der Waals surface area contributed by atoms with Gasteiger partial charge in [-0.2, -0.15) is 5.10 Å². The molecule has 0 aliphatic heterocycles. The first-order chi connectivity index (χ1) is 6.29. The molecule has 1 heterocycles. The van der Waals surface area contributed by atoms with Gasteiger partial charge in [-0.1, -0.05) is 6.07 Å². The van der Waals surface area contributed by atoms with Crippen molar-refractivity contribution in [2.24, 2.45) is 0 Å². The van der Waals surface area contributed by atoms with E-state index in [1.807, 2.05) is 0 Å². The van der Waals surface area contributed by atoms with Crippen LogP contribution in [-0.4, -0.2) is 9.78 Å². The normalized spacial score (nSPS) is 10.3. The van der Waals surface area contributed by atoms with Crippen molar-refractivity contribution in [2.45, 2.75) is 0 Å². The Kier molecular flexibility index (Phi) is 1.81. The fourth-order valence-corrected chi connectivity index (χ4v) is 1.11. The van der Waals surface area contributed by atoms with E-state index in [1.165, 1.54) is 30.6 Å². The average molecular weight is 180 g/mol. The Labute approximate surface area is 73.4 Å². The third-order valence-corrected chi connectivity index (χ3v) is 1.67. The Balaban J connectivity index is 2.64. The molecule has 0 unspecified atom stereocenters. The number of rotatable bonds is 1. The third-order valence-electron chi connectivity index (χ3n) is 1.67. The number of nitrogens with zero attached hydrogens (tertiary/aromatic N) is 2. The maximum absolute atomic E-state index is 13.1. The highest BCUT2D eigenvalue weighted by molar-refractivity contribution is 5.33. The van der Waals surface area contributed by atoms with Crippen molar-refractivity contribution in [1.82, 2.24) is 9.78 Å². The summed E-state index contributed by atoms with van der Waals surface area (Å²) in [5, 5.41) is 3.74. The van der Waals surface area contributed by atoms with Crippen LogP contribution in [-0.2, 0) is 0 Å².